The molecule has 6 nitrogen and oxygen atoms in total. The summed E-state index contributed by atoms with van der Waals surface area (Å²) in [4.78, 5) is 26.6. The molecule has 1 saturated heterocycles. The number of carbonyl (C=O) groups is 1. The van der Waals surface area contributed by atoms with Gasteiger partial charge in [0.05, 0.1) is 19.1 Å². The summed E-state index contributed by atoms with van der Waals surface area (Å²) in [5.41, 5.74) is 1.54. The van der Waals surface area contributed by atoms with Crippen LogP contribution in [0.15, 0.2) is 60.7 Å². The van der Waals surface area contributed by atoms with Crippen LogP contribution in [-0.2, 0) is 14.9 Å². The van der Waals surface area contributed by atoms with Crippen molar-refractivity contribution in [1.82, 2.24) is 4.90 Å². The van der Waals surface area contributed by atoms with Crippen LogP contribution in [0.5, 0.6) is 0 Å². The molecule has 0 amide bonds. The van der Waals surface area contributed by atoms with E-state index >= 15 is 0 Å². The summed E-state index contributed by atoms with van der Waals surface area (Å²) in [6.07, 6.45) is 1.51. The molecule has 4 rings (SSSR count). The molecule has 5 unspecified atom stereocenters. The second-order valence-corrected chi connectivity index (χ2v) is 8.18. The first-order valence-corrected chi connectivity index (χ1v) is 10.1. The van der Waals surface area contributed by atoms with Crippen LogP contribution in [0.25, 0.3) is 0 Å². The topological polar surface area (TPSA) is 72.7 Å². The normalized spacial score (nSPS) is 31.8. The number of likely N-dealkylation sites (tertiary alicyclic amines) is 1. The molecule has 1 aliphatic carbocycles. The van der Waals surface area contributed by atoms with Crippen molar-refractivity contribution in [3.8, 4) is 0 Å². The molecule has 6 heteroatoms. The lowest BCUT2D eigenvalue weighted by atomic mass is 9.49. The monoisotopic (exact) mass is 394 g/mol. The number of carbonyl (C=O) groups excluding carboxylic acids is 1. The molecule has 0 N–H and O–H groups in total. The molecule has 5 atom stereocenters. The third-order valence-electron chi connectivity index (χ3n) is 6.85. The van der Waals surface area contributed by atoms with Crippen molar-refractivity contribution in [2.75, 3.05) is 13.7 Å². The van der Waals surface area contributed by atoms with Crippen LogP contribution >= 0.6 is 0 Å². The molecular weight excluding hydrogens is 368 g/mol. The van der Waals surface area contributed by atoms with Crippen molar-refractivity contribution in [3.63, 3.8) is 0 Å². The van der Waals surface area contributed by atoms with Crippen LogP contribution in [0.4, 0.5) is 0 Å². The number of nitrogens with zero attached hydrogens (tertiary/aromatic N) is 2. The van der Waals surface area contributed by atoms with Gasteiger partial charge in [0.25, 0.3) is 0 Å². The van der Waals surface area contributed by atoms with Crippen molar-refractivity contribution >= 4 is 5.97 Å². The Morgan fingerprint density at radius 3 is 2.34 bits per heavy atom. The molecule has 2 fully saturated rings. The number of hydrogen-bond donors (Lipinski definition) is 0. The van der Waals surface area contributed by atoms with Gasteiger partial charge in [-0.1, -0.05) is 67.6 Å². The van der Waals surface area contributed by atoms with E-state index in [4.69, 9.17) is 4.74 Å². The predicted molar refractivity (Wildman–Crippen MR) is 109 cm³/mol. The van der Waals surface area contributed by atoms with E-state index in [2.05, 4.69) is 6.92 Å². The number of methoxy groups -OCH3 is 1. The third kappa shape index (κ3) is 3.02. The highest BCUT2D eigenvalue weighted by molar-refractivity contribution is 5.76. The highest BCUT2D eigenvalue weighted by Crippen LogP contribution is 2.58. The molecule has 0 bridgehead atoms. The molecule has 2 aromatic carbocycles. The fourth-order valence-electron chi connectivity index (χ4n) is 5.60. The lowest BCUT2D eigenvalue weighted by molar-refractivity contribution is -0.558. The van der Waals surface area contributed by atoms with E-state index in [0.29, 0.717) is 13.0 Å². The van der Waals surface area contributed by atoms with E-state index < -0.39 is 17.5 Å². The fourth-order valence-corrected chi connectivity index (χ4v) is 5.60. The second-order valence-electron chi connectivity index (χ2n) is 8.18. The van der Waals surface area contributed by atoms with E-state index in [-0.39, 0.29) is 22.9 Å². The van der Waals surface area contributed by atoms with Gasteiger partial charge in [0.2, 0.25) is 6.04 Å². The van der Waals surface area contributed by atoms with E-state index in [1.165, 1.54) is 7.11 Å². The molecule has 0 radical (unpaired) electrons. The van der Waals surface area contributed by atoms with Gasteiger partial charge in [-0.25, -0.2) is 0 Å². The summed E-state index contributed by atoms with van der Waals surface area (Å²) in [5, 5.41) is 12.3. The number of benzene rings is 2. The fraction of sp³-hybridized carbons (Fsp3) is 0.435. The summed E-state index contributed by atoms with van der Waals surface area (Å²) >= 11 is 0. The minimum atomic E-state index is -0.784. The zero-order valence-corrected chi connectivity index (χ0v) is 16.7. The predicted octanol–water partition coefficient (Wildman–Crippen LogP) is 3.39. The Labute approximate surface area is 170 Å². The number of ether oxygens (including phenoxy) is 1. The molecule has 1 aliphatic heterocycles. The summed E-state index contributed by atoms with van der Waals surface area (Å²) in [6.45, 7) is 2.77. The first-order valence-electron chi connectivity index (χ1n) is 10.1. The quantitative estimate of drug-likeness (QED) is 0.442. The van der Waals surface area contributed by atoms with E-state index in [0.717, 1.165) is 17.5 Å². The molecule has 152 valence electrons. The molecule has 0 aromatic heterocycles. The van der Waals surface area contributed by atoms with Crippen LogP contribution in [0.1, 0.15) is 36.8 Å². The SMILES string of the molecule is COC(=O)C1CCCN1C1C([N+](=O)[O-])C(c2ccccc2)C1(C)c1ccccc1. The van der Waals surface area contributed by atoms with E-state index in [1.807, 2.05) is 65.6 Å². The Hall–Kier alpha value is -2.73. The molecular formula is C23H26N2O4. The lowest BCUT2D eigenvalue weighted by Crippen LogP contribution is -2.73. The average Bonchev–Trinajstić information content (AvgIpc) is 3.21. The number of esters is 1. The van der Waals surface area contributed by atoms with Crippen LogP contribution in [-0.4, -0.2) is 47.6 Å². The van der Waals surface area contributed by atoms with Crippen LogP contribution in [0.2, 0.25) is 0 Å². The molecule has 29 heavy (non-hydrogen) atoms. The van der Waals surface area contributed by atoms with Crippen LogP contribution in [0, 0.1) is 10.1 Å². The van der Waals surface area contributed by atoms with E-state index in [1.54, 1.807) is 0 Å². The Morgan fingerprint density at radius 2 is 1.76 bits per heavy atom. The number of rotatable bonds is 5. The van der Waals surface area contributed by atoms with Gasteiger partial charge in [0.1, 0.15) is 6.04 Å². The van der Waals surface area contributed by atoms with E-state index in [9.17, 15) is 14.9 Å². The van der Waals surface area contributed by atoms with Gasteiger partial charge in [-0.15, -0.1) is 0 Å². The molecule has 0 spiro atoms. The average molecular weight is 394 g/mol. The third-order valence-corrected chi connectivity index (χ3v) is 6.85. The Morgan fingerprint density at radius 1 is 1.14 bits per heavy atom. The zero-order chi connectivity index (χ0) is 20.6. The summed E-state index contributed by atoms with van der Waals surface area (Å²) in [5.74, 6) is -0.576. The second kappa shape index (κ2) is 7.59. The van der Waals surface area contributed by atoms with Crippen molar-refractivity contribution < 1.29 is 14.5 Å². The molecule has 1 heterocycles. The van der Waals surface area contributed by atoms with Gasteiger partial charge < -0.3 is 4.74 Å². The number of nitro groups is 1. The first kappa shape index (κ1) is 19.6. The van der Waals surface area contributed by atoms with Crippen molar-refractivity contribution in [1.29, 1.82) is 0 Å². The largest absolute Gasteiger partial charge is 0.468 e. The van der Waals surface area contributed by atoms with Crippen molar-refractivity contribution in [2.45, 2.75) is 49.2 Å². The van der Waals surface area contributed by atoms with Gasteiger partial charge in [0, 0.05) is 10.3 Å². The Bertz CT molecular complexity index is 888. The van der Waals surface area contributed by atoms with Crippen LogP contribution in [0.3, 0.4) is 0 Å². The van der Waals surface area contributed by atoms with Gasteiger partial charge in [-0.3, -0.25) is 19.8 Å². The van der Waals surface area contributed by atoms with Gasteiger partial charge in [-0.2, -0.15) is 0 Å². The van der Waals surface area contributed by atoms with Crippen molar-refractivity contribution in [2.24, 2.45) is 0 Å². The van der Waals surface area contributed by atoms with Gasteiger partial charge in [0.15, 0.2) is 0 Å². The summed E-state index contributed by atoms with van der Waals surface area (Å²) < 4.78 is 5.01. The van der Waals surface area contributed by atoms with Gasteiger partial charge in [-0.05, 0) is 30.5 Å². The highest BCUT2D eigenvalue weighted by Gasteiger charge is 2.70. The Kier molecular flexibility index (Phi) is 5.13. The minimum Gasteiger partial charge on any atom is -0.468 e. The summed E-state index contributed by atoms with van der Waals surface area (Å²) in [6, 6.07) is 18.1. The molecule has 2 aliphatic rings. The maximum absolute atomic E-state index is 12.4. The standard InChI is InChI=1S/C23H26N2O4/c1-23(17-12-7-4-8-13-17)19(16-10-5-3-6-11-16)20(25(27)28)21(23)24-15-9-14-18(24)22(26)29-2/h3-8,10-13,18-21H,9,14-15H2,1-2H3. The molecule has 1 saturated carbocycles. The minimum absolute atomic E-state index is 0.153. The number of hydrogen-bond acceptors (Lipinski definition) is 5. The summed E-state index contributed by atoms with van der Waals surface area (Å²) in [7, 11) is 1.38. The van der Waals surface area contributed by atoms with Crippen molar-refractivity contribution in [3.05, 3.63) is 81.9 Å². The highest BCUT2D eigenvalue weighted by atomic mass is 16.6. The Balaban J connectivity index is 1.84. The van der Waals surface area contributed by atoms with Gasteiger partial charge >= 0.3 is 5.97 Å². The maximum atomic E-state index is 12.4. The lowest BCUT2D eigenvalue weighted by Gasteiger charge is -2.59. The molecule has 2 aromatic rings. The zero-order valence-electron chi connectivity index (χ0n) is 16.7. The maximum Gasteiger partial charge on any atom is 0.323 e. The van der Waals surface area contributed by atoms with Crippen LogP contribution < -0.4 is 0 Å². The smallest absolute Gasteiger partial charge is 0.323 e. The first-order chi connectivity index (χ1) is 14.0.